The first-order valence-corrected chi connectivity index (χ1v) is 9.57. The van der Waals surface area contributed by atoms with E-state index in [1.807, 2.05) is 6.92 Å². The van der Waals surface area contributed by atoms with Crippen LogP contribution >= 0.6 is 27.3 Å². The van der Waals surface area contributed by atoms with Crippen molar-refractivity contribution in [3.8, 4) is 0 Å². The molecule has 0 atom stereocenters. The second kappa shape index (κ2) is 7.92. The van der Waals surface area contributed by atoms with Gasteiger partial charge in [0.1, 0.15) is 0 Å². The zero-order valence-electron chi connectivity index (χ0n) is 13.9. The molecule has 3 rings (SSSR count). The molecule has 8 heteroatoms. The van der Waals surface area contributed by atoms with E-state index in [9.17, 15) is 14.4 Å². The van der Waals surface area contributed by atoms with Crippen molar-refractivity contribution < 1.29 is 14.3 Å². The van der Waals surface area contributed by atoms with Gasteiger partial charge in [-0.3, -0.25) is 9.59 Å². The van der Waals surface area contributed by atoms with Crippen LogP contribution in [0, 0.1) is 0 Å². The van der Waals surface area contributed by atoms with E-state index in [1.165, 1.54) is 16.0 Å². The monoisotopic (exact) mass is 434 g/mol. The highest BCUT2D eigenvalue weighted by atomic mass is 79.9. The molecular weight excluding hydrogens is 420 g/mol. The molecule has 0 radical (unpaired) electrons. The predicted octanol–water partition coefficient (Wildman–Crippen LogP) is 3.67. The average Bonchev–Trinajstić information content (AvgIpc) is 3.08. The molecule has 0 unspecified atom stereocenters. The maximum Gasteiger partial charge on any atom is 0.359 e. The summed E-state index contributed by atoms with van der Waals surface area (Å²) in [4.78, 5) is 37.6. The Bertz CT molecular complexity index is 1040. The summed E-state index contributed by atoms with van der Waals surface area (Å²) in [6.07, 6.45) is 0.700. The van der Waals surface area contributed by atoms with Gasteiger partial charge in [0, 0.05) is 11.9 Å². The summed E-state index contributed by atoms with van der Waals surface area (Å²) in [7, 11) is 0. The lowest BCUT2D eigenvalue weighted by Crippen LogP contribution is -2.27. The maximum absolute atomic E-state index is 12.5. The molecule has 134 valence electrons. The van der Waals surface area contributed by atoms with Crippen molar-refractivity contribution in [1.82, 2.24) is 9.78 Å². The van der Waals surface area contributed by atoms with Gasteiger partial charge >= 0.3 is 5.97 Å². The van der Waals surface area contributed by atoms with Gasteiger partial charge in [-0.2, -0.15) is 5.10 Å². The number of hydrogen-bond acceptors (Lipinski definition) is 6. The molecule has 0 aliphatic carbocycles. The molecule has 0 saturated carbocycles. The topological polar surface area (TPSA) is 78.3 Å². The fourth-order valence-electron chi connectivity index (χ4n) is 2.48. The molecule has 0 saturated heterocycles. The molecule has 2 aromatic heterocycles. The number of carbonyl (C=O) groups is 2. The first-order valence-electron chi connectivity index (χ1n) is 7.96. The minimum absolute atomic E-state index is 0.0359. The summed E-state index contributed by atoms with van der Waals surface area (Å²) >= 11 is 4.56. The molecule has 0 bridgehead atoms. The Morgan fingerprint density at radius 3 is 2.58 bits per heavy atom. The lowest BCUT2D eigenvalue weighted by molar-refractivity contribution is 0.0469. The third-order valence-corrected chi connectivity index (χ3v) is 5.34. The standard InChI is InChI=1S/C18H15BrN2O4S/c1-2-9-21-17(23)12-6-4-3-5-11(12)16(20-21)18(24)25-10-13(22)14-7-8-15(19)26-14/h3-8H,2,9-10H2,1H3. The van der Waals surface area contributed by atoms with Crippen molar-refractivity contribution in [1.29, 1.82) is 0 Å². The van der Waals surface area contributed by atoms with Crippen LogP contribution in [-0.4, -0.2) is 28.1 Å². The highest BCUT2D eigenvalue weighted by molar-refractivity contribution is 9.11. The van der Waals surface area contributed by atoms with Crippen LogP contribution < -0.4 is 5.56 Å². The molecule has 1 aromatic carbocycles. The van der Waals surface area contributed by atoms with Gasteiger partial charge in [-0.15, -0.1) is 11.3 Å². The normalized spacial score (nSPS) is 10.8. The predicted molar refractivity (Wildman–Crippen MR) is 103 cm³/mol. The summed E-state index contributed by atoms with van der Waals surface area (Å²) in [6, 6.07) is 10.2. The number of fused-ring (bicyclic) bond motifs is 1. The summed E-state index contributed by atoms with van der Waals surface area (Å²) in [5.41, 5.74) is -0.215. The van der Waals surface area contributed by atoms with E-state index in [2.05, 4.69) is 21.0 Å². The number of rotatable bonds is 6. The molecule has 0 aliphatic rings. The number of ketones is 1. The van der Waals surface area contributed by atoms with E-state index in [1.54, 1.807) is 36.4 Å². The zero-order valence-corrected chi connectivity index (χ0v) is 16.3. The number of aryl methyl sites for hydroxylation is 1. The summed E-state index contributed by atoms with van der Waals surface area (Å²) in [6.45, 7) is 1.93. The van der Waals surface area contributed by atoms with Gasteiger partial charge in [-0.1, -0.05) is 25.1 Å². The fraction of sp³-hybridized carbons (Fsp3) is 0.222. The fourth-order valence-corrected chi connectivity index (χ4v) is 3.79. The van der Waals surface area contributed by atoms with Crippen LogP contribution in [0.25, 0.3) is 10.8 Å². The van der Waals surface area contributed by atoms with Crippen LogP contribution in [0.2, 0.25) is 0 Å². The SMILES string of the molecule is CCCn1nc(C(=O)OCC(=O)c2ccc(Br)s2)c2ccccc2c1=O. The number of halogens is 1. The lowest BCUT2D eigenvalue weighted by atomic mass is 10.1. The van der Waals surface area contributed by atoms with Crippen LogP contribution in [0.4, 0.5) is 0 Å². The lowest BCUT2D eigenvalue weighted by Gasteiger charge is -2.10. The second-order valence-electron chi connectivity index (χ2n) is 5.53. The molecule has 0 fully saturated rings. The number of benzene rings is 1. The third kappa shape index (κ3) is 3.76. The van der Waals surface area contributed by atoms with Gasteiger partial charge in [-0.25, -0.2) is 9.48 Å². The Hall–Kier alpha value is -2.32. The van der Waals surface area contributed by atoms with Crippen LogP contribution in [0.15, 0.2) is 45.0 Å². The van der Waals surface area contributed by atoms with Crippen LogP contribution in [0.1, 0.15) is 33.5 Å². The van der Waals surface area contributed by atoms with E-state index < -0.39 is 5.97 Å². The van der Waals surface area contributed by atoms with Gasteiger partial charge in [0.15, 0.2) is 12.3 Å². The van der Waals surface area contributed by atoms with Crippen molar-refractivity contribution in [3.05, 3.63) is 61.1 Å². The average molecular weight is 435 g/mol. The number of thiophene rings is 1. The van der Waals surface area contributed by atoms with E-state index >= 15 is 0 Å². The molecule has 26 heavy (non-hydrogen) atoms. The Morgan fingerprint density at radius 1 is 1.19 bits per heavy atom. The first-order chi connectivity index (χ1) is 12.5. The number of carbonyl (C=O) groups excluding carboxylic acids is 2. The third-order valence-electron chi connectivity index (χ3n) is 3.68. The molecule has 0 spiro atoms. The number of aromatic nitrogens is 2. The molecule has 6 nitrogen and oxygen atoms in total. The van der Waals surface area contributed by atoms with Gasteiger partial charge in [0.25, 0.3) is 5.56 Å². The second-order valence-corrected chi connectivity index (χ2v) is 7.99. The summed E-state index contributed by atoms with van der Waals surface area (Å²) < 4.78 is 7.25. The largest absolute Gasteiger partial charge is 0.452 e. The quantitative estimate of drug-likeness (QED) is 0.436. The van der Waals surface area contributed by atoms with Gasteiger partial charge in [0.2, 0.25) is 5.78 Å². The van der Waals surface area contributed by atoms with Gasteiger partial charge in [-0.05, 0) is 40.5 Å². The Balaban J connectivity index is 1.89. The van der Waals surface area contributed by atoms with E-state index in [-0.39, 0.29) is 23.6 Å². The van der Waals surface area contributed by atoms with E-state index in [4.69, 9.17) is 4.74 Å². The zero-order chi connectivity index (χ0) is 18.7. The number of nitrogens with zero attached hydrogens (tertiary/aromatic N) is 2. The molecular formula is C18H15BrN2O4S. The summed E-state index contributed by atoms with van der Waals surface area (Å²) in [5.74, 6) is -1.02. The number of esters is 1. The Kier molecular flexibility index (Phi) is 5.63. The molecule has 0 N–H and O–H groups in total. The van der Waals surface area contributed by atoms with E-state index in [0.717, 1.165) is 3.79 Å². The van der Waals surface area contributed by atoms with E-state index in [0.29, 0.717) is 28.6 Å². The van der Waals surface area contributed by atoms with Crippen molar-refractivity contribution in [2.45, 2.75) is 19.9 Å². The minimum atomic E-state index is -0.727. The number of ether oxygens (including phenoxy) is 1. The molecule has 2 heterocycles. The number of Topliss-reactive ketones (excluding diaryl/α,β-unsaturated/α-hetero) is 1. The van der Waals surface area contributed by atoms with Crippen LogP contribution in [0.3, 0.4) is 0 Å². The smallest absolute Gasteiger partial charge is 0.359 e. The first kappa shape index (κ1) is 18.5. The van der Waals surface area contributed by atoms with Crippen molar-refractivity contribution in [2.75, 3.05) is 6.61 Å². The summed E-state index contributed by atoms with van der Waals surface area (Å²) in [5, 5.41) is 4.98. The minimum Gasteiger partial charge on any atom is -0.452 e. The molecule has 0 amide bonds. The molecule has 3 aromatic rings. The van der Waals surface area contributed by atoms with Crippen LogP contribution in [-0.2, 0) is 11.3 Å². The Morgan fingerprint density at radius 2 is 1.92 bits per heavy atom. The van der Waals surface area contributed by atoms with Gasteiger partial charge < -0.3 is 4.74 Å². The number of hydrogen-bond donors (Lipinski definition) is 0. The molecule has 0 aliphatic heterocycles. The highest BCUT2D eigenvalue weighted by Gasteiger charge is 2.19. The highest BCUT2D eigenvalue weighted by Crippen LogP contribution is 2.22. The Labute approximate surface area is 161 Å². The van der Waals surface area contributed by atoms with Crippen LogP contribution in [0.5, 0.6) is 0 Å². The van der Waals surface area contributed by atoms with Crippen molar-refractivity contribution >= 4 is 49.8 Å². The maximum atomic E-state index is 12.5. The van der Waals surface area contributed by atoms with Crippen molar-refractivity contribution in [3.63, 3.8) is 0 Å². The van der Waals surface area contributed by atoms with Crippen molar-refractivity contribution in [2.24, 2.45) is 0 Å². The van der Waals surface area contributed by atoms with Gasteiger partial charge in [0.05, 0.1) is 14.0 Å².